The van der Waals surface area contributed by atoms with Crippen molar-refractivity contribution in [2.45, 2.75) is 11.8 Å². The summed E-state index contributed by atoms with van der Waals surface area (Å²) in [7, 11) is -2.53. The summed E-state index contributed by atoms with van der Waals surface area (Å²) in [6.07, 6.45) is 0. The molecule has 0 spiro atoms. The standard InChI is InChI=1S/C10H13NO5S/c1-7-3-4-8(16-2)9(5-7)17(14,15)11-6-10(12)13/h3-5,11H,6H2,1-2H3,(H,12,13). The van der Waals surface area contributed by atoms with Crippen LogP contribution in [0.25, 0.3) is 0 Å². The van der Waals surface area contributed by atoms with Crippen LogP contribution in [0.1, 0.15) is 5.56 Å². The first-order valence-corrected chi connectivity index (χ1v) is 6.21. The van der Waals surface area contributed by atoms with Gasteiger partial charge in [0, 0.05) is 0 Å². The van der Waals surface area contributed by atoms with E-state index in [4.69, 9.17) is 9.84 Å². The number of carboxylic acid groups (broad SMARTS) is 1. The Balaban J connectivity index is 3.13. The van der Waals surface area contributed by atoms with Gasteiger partial charge in [0.25, 0.3) is 0 Å². The van der Waals surface area contributed by atoms with Crippen molar-refractivity contribution in [3.8, 4) is 5.75 Å². The van der Waals surface area contributed by atoms with Crippen molar-refractivity contribution >= 4 is 16.0 Å². The average Bonchev–Trinajstić information content (AvgIpc) is 2.26. The Labute approximate surface area is 99.3 Å². The molecule has 94 valence electrons. The molecule has 17 heavy (non-hydrogen) atoms. The predicted octanol–water partition coefficient (Wildman–Crippen LogP) is 0.367. The number of nitrogens with one attached hydrogen (secondary N) is 1. The molecular formula is C10H13NO5S. The quantitative estimate of drug-likeness (QED) is 0.796. The number of carboxylic acids is 1. The largest absolute Gasteiger partial charge is 0.495 e. The lowest BCUT2D eigenvalue weighted by molar-refractivity contribution is -0.135. The van der Waals surface area contributed by atoms with Gasteiger partial charge in [0.05, 0.1) is 7.11 Å². The van der Waals surface area contributed by atoms with Gasteiger partial charge in [-0.05, 0) is 24.6 Å². The Morgan fingerprint density at radius 1 is 1.47 bits per heavy atom. The van der Waals surface area contributed by atoms with E-state index in [0.29, 0.717) is 0 Å². The number of sulfonamides is 1. The Morgan fingerprint density at radius 2 is 2.12 bits per heavy atom. The summed E-state index contributed by atoms with van der Waals surface area (Å²) in [6, 6.07) is 4.64. The summed E-state index contributed by atoms with van der Waals surface area (Å²) in [5.74, 6) is -1.08. The normalized spacial score (nSPS) is 11.2. The molecule has 0 aromatic heterocycles. The first-order chi connectivity index (χ1) is 7.86. The molecule has 2 N–H and O–H groups in total. The Hall–Kier alpha value is -1.60. The molecule has 1 aromatic rings. The van der Waals surface area contributed by atoms with E-state index in [1.54, 1.807) is 13.0 Å². The first-order valence-electron chi connectivity index (χ1n) is 4.73. The van der Waals surface area contributed by atoms with E-state index in [0.717, 1.165) is 5.56 Å². The number of hydrogen-bond acceptors (Lipinski definition) is 4. The van der Waals surface area contributed by atoms with Gasteiger partial charge in [-0.3, -0.25) is 4.79 Å². The van der Waals surface area contributed by atoms with E-state index >= 15 is 0 Å². The predicted molar refractivity (Wildman–Crippen MR) is 60.6 cm³/mol. The fourth-order valence-electron chi connectivity index (χ4n) is 1.23. The molecule has 0 aliphatic rings. The third-order valence-electron chi connectivity index (χ3n) is 2.02. The summed E-state index contributed by atoms with van der Waals surface area (Å²) < 4.78 is 30.5. The molecule has 0 amide bonds. The lowest BCUT2D eigenvalue weighted by atomic mass is 10.2. The van der Waals surface area contributed by atoms with Crippen LogP contribution < -0.4 is 9.46 Å². The van der Waals surface area contributed by atoms with Crippen molar-refractivity contribution in [1.82, 2.24) is 4.72 Å². The lowest BCUT2D eigenvalue weighted by Gasteiger charge is -2.10. The van der Waals surface area contributed by atoms with Crippen molar-refractivity contribution in [2.24, 2.45) is 0 Å². The molecule has 0 saturated heterocycles. The van der Waals surface area contributed by atoms with E-state index in [-0.39, 0.29) is 10.6 Å². The average molecular weight is 259 g/mol. The van der Waals surface area contributed by atoms with Crippen LogP contribution >= 0.6 is 0 Å². The number of carbonyl (C=O) groups is 1. The van der Waals surface area contributed by atoms with Crippen molar-refractivity contribution < 1.29 is 23.1 Å². The SMILES string of the molecule is COc1ccc(C)cc1S(=O)(=O)NCC(=O)O. The van der Waals surface area contributed by atoms with Gasteiger partial charge in [-0.25, -0.2) is 8.42 Å². The van der Waals surface area contributed by atoms with Crippen LogP contribution in [0.5, 0.6) is 5.75 Å². The number of aryl methyl sites for hydroxylation is 1. The zero-order chi connectivity index (χ0) is 13.1. The molecule has 0 atom stereocenters. The van der Waals surface area contributed by atoms with Crippen LogP contribution in [0.15, 0.2) is 23.1 Å². The summed E-state index contributed by atoms with van der Waals surface area (Å²) in [4.78, 5) is 10.3. The molecule has 7 heteroatoms. The van der Waals surface area contributed by atoms with E-state index in [9.17, 15) is 13.2 Å². The molecule has 0 saturated carbocycles. The summed E-state index contributed by atoms with van der Waals surface area (Å²) in [5, 5.41) is 8.45. The smallest absolute Gasteiger partial charge is 0.318 e. The van der Waals surface area contributed by atoms with Gasteiger partial charge in [0.15, 0.2) is 0 Å². The van der Waals surface area contributed by atoms with Gasteiger partial charge in [-0.1, -0.05) is 6.07 Å². The highest BCUT2D eigenvalue weighted by Gasteiger charge is 2.20. The minimum absolute atomic E-state index is 0.0683. The monoisotopic (exact) mass is 259 g/mol. The molecule has 0 aliphatic heterocycles. The Kier molecular flexibility index (Phi) is 4.08. The second kappa shape index (κ2) is 5.15. The van der Waals surface area contributed by atoms with Crippen LogP contribution in [-0.2, 0) is 14.8 Å². The minimum atomic E-state index is -3.88. The zero-order valence-corrected chi connectivity index (χ0v) is 10.2. The summed E-state index contributed by atoms with van der Waals surface area (Å²) in [5.41, 5.74) is 0.738. The molecule has 6 nitrogen and oxygen atoms in total. The Bertz CT molecular complexity index is 523. The number of methoxy groups -OCH3 is 1. The maximum absolute atomic E-state index is 11.8. The van der Waals surface area contributed by atoms with Gasteiger partial charge in [0.2, 0.25) is 10.0 Å². The van der Waals surface area contributed by atoms with Crippen molar-refractivity contribution in [2.75, 3.05) is 13.7 Å². The molecule has 1 rings (SSSR count). The van der Waals surface area contributed by atoms with E-state index < -0.39 is 22.5 Å². The molecular weight excluding hydrogens is 246 g/mol. The maximum atomic E-state index is 11.8. The van der Waals surface area contributed by atoms with Gasteiger partial charge in [-0.2, -0.15) is 4.72 Å². The van der Waals surface area contributed by atoms with E-state index in [1.165, 1.54) is 19.2 Å². The number of rotatable bonds is 5. The van der Waals surface area contributed by atoms with E-state index in [2.05, 4.69) is 0 Å². The topological polar surface area (TPSA) is 92.7 Å². The van der Waals surface area contributed by atoms with E-state index in [1.807, 2.05) is 4.72 Å². The lowest BCUT2D eigenvalue weighted by Crippen LogP contribution is -2.29. The van der Waals surface area contributed by atoms with Crippen LogP contribution in [0.2, 0.25) is 0 Å². The molecule has 0 aliphatic carbocycles. The molecule has 0 radical (unpaired) electrons. The molecule has 0 unspecified atom stereocenters. The van der Waals surface area contributed by atoms with Crippen molar-refractivity contribution in [3.05, 3.63) is 23.8 Å². The highest BCUT2D eigenvalue weighted by Crippen LogP contribution is 2.24. The fraction of sp³-hybridized carbons (Fsp3) is 0.300. The molecule has 0 fully saturated rings. The number of benzene rings is 1. The summed E-state index contributed by atoms with van der Waals surface area (Å²) >= 11 is 0. The number of hydrogen-bond donors (Lipinski definition) is 2. The Morgan fingerprint density at radius 3 is 2.65 bits per heavy atom. The number of ether oxygens (including phenoxy) is 1. The highest BCUT2D eigenvalue weighted by molar-refractivity contribution is 7.89. The van der Waals surface area contributed by atoms with Gasteiger partial charge in [-0.15, -0.1) is 0 Å². The first kappa shape index (κ1) is 13.5. The fourth-order valence-corrected chi connectivity index (χ4v) is 2.45. The van der Waals surface area contributed by atoms with Crippen molar-refractivity contribution in [3.63, 3.8) is 0 Å². The molecule has 1 aromatic carbocycles. The second-order valence-corrected chi connectivity index (χ2v) is 5.11. The second-order valence-electron chi connectivity index (χ2n) is 3.37. The third kappa shape index (κ3) is 3.43. The molecule has 0 heterocycles. The van der Waals surface area contributed by atoms with Gasteiger partial charge < -0.3 is 9.84 Å². The van der Waals surface area contributed by atoms with Crippen LogP contribution in [0, 0.1) is 6.92 Å². The zero-order valence-electron chi connectivity index (χ0n) is 9.43. The highest BCUT2D eigenvalue weighted by atomic mass is 32.2. The van der Waals surface area contributed by atoms with Gasteiger partial charge >= 0.3 is 5.97 Å². The third-order valence-corrected chi connectivity index (χ3v) is 3.44. The van der Waals surface area contributed by atoms with Crippen molar-refractivity contribution in [1.29, 1.82) is 0 Å². The summed E-state index contributed by atoms with van der Waals surface area (Å²) in [6.45, 7) is 1.06. The van der Waals surface area contributed by atoms with Crippen LogP contribution in [0.4, 0.5) is 0 Å². The maximum Gasteiger partial charge on any atom is 0.318 e. The van der Waals surface area contributed by atoms with Gasteiger partial charge in [0.1, 0.15) is 17.2 Å². The minimum Gasteiger partial charge on any atom is -0.495 e. The number of aliphatic carboxylic acids is 1. The van der Waals surface area contributed by atoms with Crippen LogP contribution in [-0.4, -0.2) is 33.1 Å². The van der Waals surface area contributed by atoms with Crippen LogP contribution in [0.3, 0.4) is 0 Å². The molecule has 0 bridgehead atoms.